The normalized spacial score (nSPS) is 15.6. The third-order valence-corrected chi connectivity index (χ3v) is 9.93. The standard InChI is InChI=1S/C41H42F3N7O9/c1-49-24-32-30-22-25(2-9-33(30)50(36(32)48-49)28-6-3-26(4-7-28)41(42,43)44)37(53)46-13-15-58-17-19-60-21-20-59-18-16-57-14-12-45-27-5-8-29-31(23-27)40(56)51(39(29)55)34-10-11-35(52)47-38(34)54/h2-9,22-24,34,45H,10-21H2,1H3,(H,46,53)(H,47,52,54). The van der Waals surface area contributed by atoms with Gasteiger partial charge in [-0.25, -0.2) is 0 Å². The largest absolute Gasteiger partial charge is 0.416 e. The number of nitrogens with zero attached hydrogens (tertiary/aromatic N) is 4. The molecule has 60 heavy (non-hydrogen) atoms. The second kappa shape index (κ2) is 18.4. The van der Waals surface area contributed by atoms with E-state index < -0.39 is 41.4 Å². The number of hydrogen-bond acceptors (Lipinski definition) is 11. The first-order chi connectivity index (χ1) is 28.9. The Hall–Kier alpha value is -6.15. The molecule has 5 amide bonds. The minimum atomic E-state index is -4.45. The van der Waals surface area contributed by atoms with E-state index in [9.17, 15) is 37.1 Å². The number of carbonyl (C=O) groups is 5. The lowest BCUT2D eigenvalue weighted by molar-refractivity contribution is -0.138. The molecule has 1 atom stereocenters. The van der Waals surface area contributed by atoms with Crippen LogP contribution in [0.2, 0.25) is 0 Å². The Morgan fingerprint density at radius 3 is 2.12 bits per heavy atom. The summed E-state index contributed by atoms with van der Waals surface area (Å²) in [5.74, 6) is -2.51. The molecule has 316 valence electrons. The van der Waals surface area contributed by atoms with Crippen molar-refractivity contribution >= 4 is 57.2 Å². The van der Waals surface area contributed by atoms with Crippen molar-refractivity contribution in [2.75, 3.05) is 71.3 Å². The maximum atomic E-state index is 13.2. The molecule has 0 radical (unpaired) electrons. The molecule has 2 aliphatic heterocycles. The van der Waals surface area contributed by atoms with Gasteiger partial charge in [0.05, 0.1) is 75.1 Å². The van der Waals surface area contributed by atoms with Gasteiger partial charge in [-0.3, -0.25) is 43.4 Å². The predicted molar refractivity (Wildman–Crippen MR) is 210 cm³/mol. The Morgan fingerprint density at radius 2 is 1.45 bits per heavy atom. The van der Waals surface area contributed by atoms with Crippen LogP contribution < -0.4 is 16.0 Å². The van der Waals surface area contributed by atoms with E-state index in [-0.39, 0.29) is 43.0 Å². The fourth-order valence-corrected chi connectivity index (χ4v) is 7.04. The molecule has 0 bridgehead atoms. The number of hydrogen-bond donors (Lipinski definition) is 3. The first-order valence-corrected chi connectivity index (χ1v) is 19.2. The maximum Gasteiger partial charge on any atom is 0.416 e. The number of ether oxygens (including phenoxy) is 4. The van der Waals surface area contributed by atoms with Crippen LogP contribution in [0.15, 0.2) is 66.9 Å². The zero-order chi connectivity index (χ0) is 42.4. The first-order valence-electron chi connectivity index (χ1n) is 19.2. The van der Waals surface area contributed by atoms with Crippen LogP contribution in [0.25, 0.3) is 27.6 Å². The van der Waals surface area contributed by atoms with Crippen molar-refractivity contribution < 1.29 is 56.1 Å². The molecule has 0 spiro atoms. The van der Waals surface area contributed by atoms with Crippen molar-refractivity contribution in [2.45, 2.75) is 25.1 Å². The van der Waals surface area contributed by atoms with E-state index in [1.54, 1.807) is 52.8 Å². The van der Waals surface area contributed by atoms with Crippen LogP contribution in [0, 0.1) is 0 Å². The first kappa shape index (κ1) is 42.0. The summed E-state index contributed by atoms with van der Waals surface area (Å²) < 4.78 is 65.1. The van der Waals surface area contributed by atoms with Crippen molar-refractivity contribution in [1.82, 2.24) is 29.9 Å². The molecular weight excluding hydrogens is 791 g/mol. The van der Waals surface area contributed by atoms with Gasteiger partial charge in [-0.15, -0.1) is 0 Å². The third-order valence-electron chi connectivity index (χ3n) is 9.93. The van der Waals surface area contributed by atoms with Crippen molar-refractivity contribution in [2.24, 2.45) is 7.05 Å². The van der Waals surface area contributed by atoms with Crippen LogP contribution >= 0.6 is 0 Å². The maximum absolute atomic E-state index is 13.2. The molecular formula is C41H42F3N7O9. The average Bonchev–Trinajstić information content (AvgIpc) is 3.83. The van der Waals surface area contributed by atoms with Crippen LogP contribution in [0.1, 0.15) is 49.5 Å². The van der Waals surface area contributed by atoms with Crippen LogP contribution in [-0.2, 0) is 41.8 Å². The Kier molecular flexibility index (Phi) is 12.9. The number of carbonyl (C=O) groups excluding carboxylic acids is 5. The van der Waals surface area contributed by atoms with Crippen molar-refractivity contribution in [3.05, 3.63) is 89.1 Å². The van der Waals surface area contributed by atoms with Gasteiger partial charge in [-0.1, -0.05) is 0 Å². The molecule has 3 N–H and O–H groups in total. The minimum absolute atomic E-state index is 0.0542. The fraction of sp³-hybridized carbons (Fsp3) is 0.366. The zero-order valence-corrected chi connectivity index (χ0v) is 32.5. The van der Waals surface area contributed by atoms with Gasteiger partial charge in [0, 0.05) is 60.5 Å². The summed E-state index contributed by atoms with van der Waals surface area (Å²) in [7, 11) is 1.75. The van der Waals surface area contributed by atoms with Crippen molar-refractivity contribution in [1.29, 1.82) is 0 Å². The monoisotopic (exact) mass is 833 g/mol. The molecule has 0 saturated carbocycles. The van der Waals surface area contributed by atoms with E-state index in [1.165, 1.54) is 18.2 Å². The molecule has 2 aliphatic rings. The van der Waals surface area contributed by atoms with Gasteiger partial charge in [-0.2, -0.15) is 18.3 Å². The van der Waals surface area contributed by atoms with Gasteiger partial charge in [0.25, 0.3) is 17.7 Å². The Morgan fingerprint density at radius 1 is 0.800 bits per heavy atom. The second-order valence-electron chi connectivity index (χ2n) is 14.0. The number of fused-ring (bicyclic) bond motifs is 4. The van der Waals surface area contributed by atoms with Crippen LogP contribution in [0.5, 0.6) is 0 Å². The van der Waals surface area contributed by atoms with E-state index in [1.807, 2.05) is 0 Å². The number of amides is 5. The molecule has 5 aromatic rings. The number of imide groups is 2. The summed E-state index contributed by atoms with van der Waals surface area (Å²) in [5.41, 5.74) is 2.46. The molecule has 1 fully saturated rings. The van der Waals surface area contributed by atoms with Crippen molar-refractivity contribution in [3.8, 4) is 5.69 Å². The van der Waals surface area contributed by atoms with Crippen LogP contribution in [0.4, 0.5) is 18.9 Å². The summed E-state index contributed by atoms with van der Waals surface area (Å²) in [6.45, 7) is 3.41. The number of halogens is 3. The average molecular weight is 834 g/mol. The van der Waals surface area contributed by atoms with Crippen molar-refractivity contribution in [3.63, 3.8) is 0 Å². The van der Waals surface area contributed by atoms with Gasteiger partial charge in [0.15, 0.2) is 5.65 Å². The SMILES string of the molecule is Cn1cc2c3cc(C(=O)NCCOCCOCCOCCOCCNc4ccc5c(c4)C(=O)N(C4CCC(=O)NC4=O)C5=O)ccc3n(-c3ccc(C(F)(F)F)cc3)c2n1. The second-order valence-corrected chi connectivity index (χ2v) is 14.0. The molecule has 0 aliphatic carbocycles. The third kappa shape index (κ3) is 9.33. The summed E-state index contributed by atoms with van der Waals surface area (Å²) in [6, 6.07) is 13.8. The number of aromatic nitrogens is 3. The topological polar surface area (TPSA) is 184 Å². The number of benzene rings is 3. The smallest absolute Gasteiger partial charge is 0.383 e. The summed E-state index contributed by atoms with van der Waals surface area (Å²) in [5, 5.41) is 14.2. The number of alkyl halides is 3. The Labute approximate surface area is 340 Å². The lowest BCUT2D eigenvalue weighted by atomic mass is 10.0. The van der Waals surface area contributed by atoms with E-state index in [0.717, 1.165) is 27.8 Å². The summed E-state index contributed by atoms with van der Waals surface area (Å²) >= 11 is 0. The molecule has 7 rings (SSSR count). The number of aryl methyl sites for hydroxylation is 1. The van der Waals surface area contributed by atoms with Crippen LogP contribution in [0.3, 0.4) is 0 Å². The quantitative estimate of drug-likeness (QED) is 0.0812. The number of piperidine rings is 1. The molecule has 3 aromatic carbocycles. The van der Waals surface area contributed by atoms with Gasteiger partial charge >= 0.3 is 6.18 Å². The molecule has 16 nitrogen and oxygen atoms in total. The fourth-order valence-electron chi connectivity index (χ4n) is 7.04. The van der Waals surface area contributed by atoms with Gasteiger partial charge in [0.1, 0.15) is 6.04 Å². The molecule has 2 aromatic heterocycles. The Balaban J connectivity index is 0.730. The molecule has 1 saturated heterocycles. The van der Waals surface area contributed by atoms with E-state index in [2.05, 4.69) is 21.0 Å². The van der Waals surface area contributed by atoms with Gasteiger partial charge < -0.3 is 29.6 Å². The highest BCUT2D eigenvalue weighted by atomic mass is 19.4. The van der Waals surface area contributed by atoms with E-state index >= 15 is 0 Å². The highest BCUT2D eigenvalue weighted by Crippen LogP contribution is 2.34. The molecule has 19 heteroatoms. The number of anilines is 1. The highest BCUT2D eigenvalue weighted by molar-refractivity contribution is 6.23. The van der Waals surface area contributed by atoms with E-state index in [4.69, 9.17) is 18.9 Å². The summed E-state index contributed by atoms with van der Waals surface area (Å²) in [6.07, 6.45) is -2.50. The predicted octanol–water partition coefficient (Wildman–Crippen LogP) is 3.85. The highest BCUT2D eigenvalue weighted by Gasteiger charge is 2.44. The summed E-state index contributed by atoms with van der Waals surface area (Å²) in [4.78, 5) is 63.5. The Bertz CT molecular complexity index is 2410. The minimum Gasteiger partial charge on any atom is -0.383 e. The molecule has 4 heterocycles. The van der Waals surface area contributed by atoms with Gasteiger partial charge in [0.2, 0.25) is 11.8 Å². The zero-order valence-electron chi connectivity index (χ0n) is 32.5. The lowest BCUT2D eigenvalue weighted by Gasteiger charge is -2.27. The van der Waals surface area contributed by atoms with Crippen LogP contribution in [-0.4, -0.2) is 121 Å². The number of nitrogens with one attached hydrogen (secondary N) is 3. The number of rotatable bonds is 19. The van der Waals surface area contributed by atoms with Gasteiger partial charge in [-0.05, 0) is 67.1 Å². The lowest BCUT2D eigenvalue weighted by Crippen LogP contribution is -2.54. The molecule has 1 unspecified atom stereocenters. The van der Waals surface area contributed by atoms with E-state index in [0.29, 0.717) is 80.9 Å².